The van der Waals surface area contributed by atoms with Gasteiger partial charge in [-0.3, -0.25) is 4.79 Å². The molecule has 1 heterocycles. The van der Waals surface area contributed by atoms with Gasteiger partial charge in [-0.25, -0.2) is 4.79 Å². The van der Waals surface area contributed by atoms with Crippen LogP contribution >= 0.6 is 0 Å². The SMILES string of the molecule is COc1ccc(CCC(=O)N2CCCCC2C(=O)O)c(OC)c1OC. The van der Waals surface area contributed by atoms with Gasteiger partial charge in [-0.15, -0.1) is 0 Å². The summed E-state index contributed by atoms with van der Waals surface area (Å²) in [4.78, 5) is 25.4. The molecule has 25 heavy (non-hydrogen) atoms. The van der Waals surface area contributed by atoms with Crippen LogP contribution in [0.1, 0.15) is 31.2 Å². The molecule has 138 valence electrons. The summed E-state index contributed by atoms with van der Waals surface area (Å²) >= 11 is 0. The molecule has 1 aliphatic rings. The van der Waals surface area contributed by atoms with Crippen LogP contribution in [-0.2, 0) is 16.0 Å². The van der Waals surface area contributed by atoms with Gasteiger partial charge in [-0.05, 0) is 37.3 Å². The van der Waals surface area contributed by atoms with Gasteiger partial charge in [-0.1, -0.05) is 6.07 Å². The number of aryl methyl sites for hydroxylation is 1. The quantitative estimate of drug-likeness (QED) is 0.810. The molecule has 0 saturated carbocycles. The van der Waals surface area contributed by atoms with E-state index in [1.807, 2.05) is 6.07 Å². The number of amides is 1. The first-order valence-corrected chi connectivity index (χ1v) is 8.33. The van der Waals surface area contributed by atoms with Gasteiger partial charge < -0.3 is 24.2 Å². The number of benzene rings is 1. The molecule has 0 radical (unpaired) electrons. The zero-order valence-corrected chi connectivity index (χ0v) is 14.9. The van der Waals surface area contributed by atoms with E-state index in [0.29, 0.717) is 36.6 Å². The molecule has 1 aromatic carbocycles. The summed E-state index contributed by atoms with van der Waals surface area (Å²) in [6.45, 7) is 0.499. The number of likely N-dealkylation sites (tertiary alicyclic amines) is 1. The molecule has 1 aliphatic heterocycles. The average Bonchev–Trinajstić information content (AvgIpc) is 2.64. The van der Waals surface area contributed by atoms with Crippen LogP contribution in [0.2, 0.25) is 0 Å². The van der Waals surface area contributed by atoms with Gasteiger partial charge in [0, 0.05) is 13.0 Å². The minimum absolute atomic E-state index is 0.149. The van der Waals surface area contributed by atoms with E-state index >= 15 is 0 Å². The zero-order chi connectivity index (χ0) is 18.4. The first-order valence-electron chi connectivity index (χ1n) is 8.33. The monoisotopic (exact) mass is 351 g/mol. The first kappa shape index (κ1) is 18.9. The number of piperidine rings is 1. The van der Waals surface area contributed by atoms with Crippen molar-refractivity contribution >= 4 is 11.9 Å². The molecule has 0 aromatic heterocycles. The fraction of sp³-hybridized carbons (Fsp3) is 0.556. The minimum atomic E-state index is -0.934. The lowest BCUT2D eigenvalue weighted by molar-refractivity contribution is -0.152. The number of rotatable bonds is 7. The van der Waals surface area contributed by atoms with Crippen LogP contribution in [0, 0.1) is 0 Å². The summed E-state index contributed by atoms with van der Waals surface area (Å²) in [5.41, 5.74) is 0.817. The Morgan fingerprint density at radius 3 is 2.44 bits per heavy atom. The lowest BCUT2D eigenvalue weighted by Gasteiger charge is -2.33. The second-order valence-electron chi connectivity index (χ2n) is 5.93. The van der Waals surface area contributed by atoms with Gasteiger partial charge in [0.1, 0.15) is 6.04 Å². The maximum absolute atomic E-state index is 12.5. The largest absolute Gasteiger partial charge is 0.493 e. The Morgan fingerprint density at radius 1 is 1.12 bits per heavy atom. The molecule has 1 atom stereocenters. The van der Waals surface area contributed by atoms with E-state index in [1.165, 1.54) is 19.1 Å². The lowest BCUT2D eigenvalue weighted by Crippen LogP contribution is -2.48. The number of carbonyl (C=O) groups is 2. The van der Waals surface area contributed by atoms with Crippen molar-refractivity contribution in [1.82, 2.24) is 4.90 Å². The van der Waals surface area contributed by atoms with E-state index in [2.05, 4.69) is 0 Å². The van der Waals surface area contributed by atoms with E-state index in [1.54, 1.807) is 13.2 Å². The van der Waals surface area contributed by atoms with Gasteiger partial charge in [0.25, 0.3) is 0 Å². The molecule has 2 rings (SSSR count). The smallest absolute Gasteiger partial charge is 0.326 e. The van der Waals surface area contributed by atoms with Crippen LogP contribution in [-0.4, -0.2) is 55.8 Å². The first-order chi connectivity index (χ1) is 12.0. The molecule has 0 bridgehead atoms. The minimum Gasteiger partial charge on any atom is -0.493 e. The summed E-state index contributed by atoms with van der Waals surface area (Å²) < 4.78 is 16.0. The third kappa shape index (κ3) is 4.15. The highest BCUT2D eigenvalue weighted by Crippen LogP contribution is 2.40. The second-order valence-corrected chi connectivity index (χ2v) is 5.93. The number of methoxy groups -OCH3 is 3. The van der Waals surface area contributed by atoms with Gasteiger partial charge in [-0.2, -0.15) is 0 Å². The predicted octanol–water partition coefficient (Wildman–Crippen LogP) is 2.11. The highest BCUT2D eigenvalue weighted by atomic mass is 16.5. The van der Waals surface area contributed by atoms with E-state index < -0.39 is 12.0 Å². The standard InChI is InChI=1S/C18H25NO6/c1-23-14-9-7-12(16(24-2)17(14)25-3)8-10-15(20)19-11-5-4-6-13(19)18(21)22/h7,9,13H,4-6,8,10-11H2,1-3H3,(H,21,22). The molecular formula is C18H25NO6. The molecule has 1 fully saturated rings. The highest BCUT2D eigenvalue weighted by Gasteiger charge is 2.31. The average molecular weight is 351 g/mol. The van der Waals surface area contributed by atoms with Crippen molar-refractivity contribution in [2.45, 2.75) is 38.1 Å². The molecule has 0 spiro atoms. The number of ether oxygens (including phenoxy) is 3. The van der Waals surface area contributed by atoms with Crippen molar-refractivity contribution < 1.29 is 28.9 Å². The Bertz CT molecular complexity index is 630. The van der Waals surface area contributed by atoms with Crippen molar-refractivity contribution in [3.63, 3.8) is 0 Å². The zero-order valence-electron chi connectivity index (χ0n) is 14.9. The number of carbonyl (C=O) groups excluding carboxylic acids is 1. The molecule has 1 saturated heterocycles. The number of carboxylic acids is 1. The highest BCUT2D eigenvalue weighted by molar-refractivity contribution is 5.84. The lowest BCUT2D eigenvalue weighted by atomic mass is 10.0. The number of aliphatic carboxylic acids is 1. The van der Waals surface area contributed by atoms with Crippen LogP contribution in [0.5, 0.6) is 17.2 Å². The maximum atomic E-state index is 12.5. The third-order valence-corrected chi connectivity index (χ3v) is 4.50. The topological polar surface area (TPSA) is 85.3 Å². The molecule has 1 N–H and O–H groups in total. The van der Waals surface area contributed by atoms with Gasteiger partial charge >= 0.3 is 5.97 Å². The fourth-order valence-electron chi connectivity index (χ4n) is 3.23. The number of carboxylic acid groups (broad SMARTS) is 1. The van der Waals surface area contributed by atoms with E-state index in [-0.39, 0.29) is 12.3 Å². The Morgan fingerprint density at radius 2 is 1.84 bits per heavy atom. The van der Waals surface area contributed by atoms with Crippen LogP contribution in [0.25, 0.3) is 0 Å². The maximum Gasteiger partial charge on any atom is 0.326 e. The van der Waals surface area contributed by atoms with Crippen molar-refractivity contribution in [3.8, 4) is 17.2 Å². The Labute approximate surface area is 147 Å². The summed E-state index contributed by atoms with van der Waals surface area (Å²) in [5.74, 6) is 0.483. The van der Waals surface area contributed by atoms with E-state index in [0.717, 1.165) is 18.4 Å². The normalized spacial score (nSPS) is 17.1. The summed E-state index contributed by atoms with van der Waals surface area (Å²) in [6.07, 6.45) is 2.85. The molecule has 1 aromatic rings. The van der Waals surface area contributed by atoms with Crippen molar-refractivity contribution in [2.24, 2.45) is 0 Å². The second kappa shape index (κ2) is 8.60. The number of nitrogens with zero attached hydrogens (tertiary/aromatic N) is 1. The Balaban J connectivity index is 2.12. The predicted molar refractivity (Wildman–Crippen MR) is 91.4 cm³/mol. The van der Waals surface area contributed by atoms with Crippen LogP contribution in [0.15, 0.2) is 12.1 Å². The van der Waals surface area contributed by atoms with Crippen molar-refractivity contribution in [2.75, 3.05) is 27.9 Å². The third-order valence-electron chi connectivity index (χ3n) is 4.50. The Hall–Kier alpha value is -2.44. The van der Waals surface area contributed by atoms with Crippen molar-refractivity contribution in [3.05, 3.63) is 17.7 Å². The van der Waals surface area contributed by atoms with E-state index in [4.69, 9.17) is 14.2 Å². The van der Waals surface area contributed by atoms with Crippen molar-refractivity contribution in [1.29, 1.82) is 0 Å². The van der Waals surface area contributed by atoms with Crippen LogP contribution in [0.4, 0.5) is 0 Å². The molecule has 7 nitrogen and oxygen atoms in total. The summed E-state index contributed by atoms with van der Waals surface area (Å²) in [7, 11) is 4.61. The van der Waals surface area contributed by atoms with Crippen LogP contribution in [0.3, 0.4) is 0 Å². The van der Waals surface area contributed by atoms with Crippen LogP contribution < -0.4 is 14.2 Å². The van der Waals surface area contributed by atoms with Gasteiger partial charge in [0.15, 0.2) is 11.5 Å². The molecule has 7 heteroatoms. The molecule has 1 amide bonds. The molecule has 1 unspecified atom stereocenters. The Kier molecular flexibility index (Phi) is 6.50. The van der Waals surface area contributed by atoms with E-state index in [9.17, 15) is 14.7 Å². The molecular weight excluding hydrogens is 326 g/mol. The van der Waals surface area contributed by atoms with Gasteiger partial charge in [0.2, 0.25) is 11.7 Å². The number of hydrogen-bond acceptors (Lipinski definition) is 5. The van der Waals surface area contributed by atoms with Gasteiger partial charge in [0.05, 0.1) is 21.3 Å². The molecule has 0 aliphatic carbocycles. The number of hydrogen-bond donors (Lipinski definition) is 1. The summed E-state index contributed by atoms with van der Waals surface area (Å²) in [5, 5.41) is 9.31. The fourth-order valence-corrected chi connectivity index (χ4v) is 3.23. The summed E-state index contributed by atoms with van der Waals surface area (Å²) in [6, 6.07) is 2.88.